The maximum atomic E-state index is 12.3. The standard InChI is InChI=1S/C24H28N4O3/c1-5-13(2)20(19-12-18(29)10-9-14(19)3)21(25)22(24(27)31)28-15(4)16-7-6-8-17(11-16)23(26)30/h6-12,29H,5,25H2,1-4H3,(H2,26,30)(H2,27,31)/b20-13+,22-21+,28-15?. The first kappa shape index (κ1) is 23.4. The number of allylic oxidation sites excluding steroid dienone is 2. The molecule has 0 aliphatic rings. The molecule has 7 N–H and O–H groups in total. The highest BCUT2D eigenvalue weighted by Gasteiger charge is 2.19. The van der Waals surface area contributed by atoms with Crippen molar-refractivity contribution >= 4 is 23.1 Å². The van der Waals surface area contributed by atoms with Crippen molar-refractivity contribution in [3.8, 4) is 5.75 Å². The van der Waals surface area contributed by atoms with Crippen LogP contribution >= 0.6 is 0 Å². The van der Waals surface area contributed by atoms with Gasteiger partial charge in [0.2, 0.25) is 5.91 Å². The smallest absolute Gasteiger partial charge is 0.269 e. The Morgan fingerprint density at radius 2 is 1.65 bits per heavy atom. The van der Waals surface area contributed by atoms with Crippen molar-refractivity contribution in [3.05, 3.63) is 81.7 Å². The molecule has 2 aromatic rings. The van der Waals surface area contributed by atoms with Gasteiger partial charge >= 0.3 is 0 Å². The van der Waals surface area contributed by atoms with E-state index in [0.717, 1.165) is 11.1 Å². The van der Waals surface area contributed by atoms with Crippen molar-refractivity contribution in [1.29, 1.82) is 0 Å². The molecule has 31 heavy (non-hydrogen) atoms. The zero-order chi connectivity index (χ0) is 23.3. The van der Waals surface area contributed by atoms with Crippen LogP contribution < -0.4 is 17.2 Å². The van der Waals surface area contributed by atoms with Crippen LogP contribution in [0.4, 0.5) is 0 Å². The fourth-order valence-corrected chi connectivity index (χ4v) is 3.16. The van der Waals surface area contributed by atoms with E-state index in [1.54, 1.807) is 49.4 Å². The number of primary amides is 2. The van der Waals surface area contributed by atoms with Crippen LogP contribution in [0.2, 0.25) is 0 Å². The predicted molar refractivity (Wildman–Crippen MR) is 123 cm³/mol. The molecule has 2 aromatic carbocycles. The SMILES string of the molecule is CC/C(C)=C(/C(N)=C(\N=C(C)c1cccc(C(N)=O)c1)C(N)=O)c1cc(O)ccc1C. The van der Waals surface area contributed by atoms with E-state index in [0.29, 0.717) is 34.4 Å². The van der Waals surface area contributed by atoms with Gasteiger partial charge in [0.05, 0.1) is 5.70 Å². The van der Waals surface area contributed by atoms with E-state index in [9.17, 15) is 14.7 Å². The molecule has 0 saturated carbocycles. The lowest BCUT2D eigenvalue weighted by molar-refractivity contribution is -0.114. The van der Waals surface area contributed by atoms with Gasteiger partial charge in [0.25, 0.3) is 5.91 Å². The first-order valence-corrected chi connectivity index (χ1v) is 9.82. The van der Waals surface area contributed by atoms with Crippen LogP contribution in [0.25, 0.3) is 5.57 Å². The van der Waals surface area contributed by atoms with E-state index >= 15 is 0 Å². The molecule has 0 radical (unpaired) electrons. The van der Waals surface area contributed by atoms with Gasteiger partial charge in [-0.3, -0.25) is 9.59 Å². The Kier molecular flexibility index (Phi) is 7.37. The van der Waals surface area contributed by atoms with E-state index in [1.165, 1.54) is 0 Å². The van der Waals surface area contributed by atoms with Crippen LogP contribution in [0.3, 0.4) is 0 Å². The first-order chi connectivity index (χ1) is 14.6. The number of phenolic OH excluding ortho intramolecular Hbond substituents is 1. The van der Waals surface area contributed by atoms with Crippen LogP contribution in [0.15, 0.2) is 64.4 Å². The minimum Gasteiger partial charge on any atom is -0.508 e. The van der Waals surface area contributed by atoms with Gasteiger partial charge in [-0.1, -0.05) is 30.7 Å². The number of carbonyl (C=O) groups excluding carboxylic acids is 2. The van der Waals surface area contributed by atoms with Crippen molar-refractivity contribution in [2.75, 3.05) is 0 Å². The number of carbonyl (C=O) groups is 2. The largest absolute Gasteiger partial charge is 0.508 e. The zero-order valence-corrected chi connectivity index (χ0v) is 18.2. The molecular weight excluding hydrogens is 392 g/mol. The highest BCUT2D eigenvalue weighted by Crippen LogP contribution is 2.32. The number of benzene rings is 2. The molecule has 7 nitrogen and oxygen atoms in total. The molecule has 0 aliphatic heterocycles. The number of phenols is 1. The van der Waals surface area contributed by atoms with E-state index in [1.807, 2.05) is 20.8 Å². The van der Waals surface area contributed by atoms with Gasteiger partial charge in [0.15, 0.2) is 5.70 Å². The fourth-order valence-electron chi connectivity index (χ4n) is 3.16. The highest BCUT2D eigenvalue weighted by atomic mass is 16.3. The van der Waals surface area contributed by atoms with Crippen molar-refractivity contribution < 1.29 is 14.7 Å². The van der Waals surface area contributed by atoms with Gasteiger partial charge in [-0.15, -0.1) is 0 Å². The summed E-state index contributed by atoms with van der Waals surface area (Å²) in [6, 6.07) is 11.6. The fraction of sp³-hybridized carbons (Fsp3) is 0.208. The quantitative estimate of drug-likeness (QED) is 0.310. The molecule has 0 heterocycles. The Hall–Kier alpha value is -3.87. The van der Waals surface area contributed by atoms with Crippen molar-refractivity contribution in [2.24, 2.45) is 22.2 Å². The number of hydrogen-bond donors (Lipinski definition) is 4. The first-order valence-electron chi connectivity index (χ1n) is 9.82. The Labute approximate surface area is 182 Å². The summed E-state index contributed by atoms with van der Waals surface area (Å²) < 4.78 is 0. The number of nitrogens with two attached hydrogens (primary N) is 3. The lowest BCUT2D eigenvalue weighted by Crippen LogP contribution is -2.20. The van der Waals surface area contributed by atoms with Crippen molar-refractivity contribution in [2.45, 2.75) is 34.1 Å². The van der Waals surface area contributed by atoms with E-state index < -0.39 is 11.8 Å². The summed E-state index contributed by atoms with van der Waals surface area (Å²) in [7, 11) is 0. The number of amides is 2. The Balaban J connectivity index is 2.73. The summed E-state index contributed by atoms with van der Waals surface area (Å²) in [6.45, 7) is 7.44. The number of rotatable bonds is 7. The van der Waals surface area contributed by atoms with Crippen LogP contribution in [-0.4, -0.2) is 22.6 Å². The van der Waals surface area contributed by atoms with Crippen molar-refractivity contribution in [3.63, 3.8) is 0 Å². The minimum absolute atomic E-state index is 0.0818. The Morgan fingerprint density at radius 1 is 1.00 bits per heavy atom. The lowest BCUT2D eigenvalue weighted by atomic mass is 9.92. The van der Waals surface area contributed by atoms with E-state index in [4.69, 9.17) is 17.2 Å². The molecular formula is C24H28N4O3. The molecule has 162 valence electrons. The summed E-state index contributed by atoms with van der Waals surface area (Å²) in [5.41, 5.74) is 21.9. The average molecular weight is 421 g/mol. The van der Waals surface area contributed by atoms with Gasteiger partial charge in [-0.2, -0.15) is 0 Å². The summed E-state index contributed by atoms with van der Waals surface area (Å²) in [5, 5.41) is 10.00. The second-order valence-electron chi connectivity index (χ2n) is 7.28. The minimum atomic E-state index is -0.790. The molecule has 0 saturated heterocycles. The molecule has 0 fully saturated rings. The molecule has 0 spiro atoms. The second-order valence-corrected chi connectivity index (χ2v) is 7.28. The molecule has 2 amide bonds. The zero-order valence-electron chi connectivity index (χ0n) is 18.2. The van der Waals surface area contributed by atoms with Crippen LogP contribution in [0.1, 0.15) is 54.2 Å². The van der Waals surface area contributed by atoms with Crippen LogP contribution in [0, 0.1) is 6.92 Å². The number of aliphatic imine (C=N–C) groups is 1. The topological polar surface area (TPSA) is 145 Å². The van der Waals surface area contributed by atoms with Gasteiger partial charge in [-0.05, 0) is 68.1 Å². The summed E-state index contributed by atoms with van der Waals surface area (Å²) in [4.78, 5) is 28.2. The van der Waals surface area contributed by atoms with Gasteiger partial charge in [0, 0.05) is 16.8 Å². The van der Waals surface area contributed by atoms with Gasteiger partial charge < -0.3 is 22.3 Å². The summed E-state index contributed by atoms with van der Waals surface area (Å²) in [5.74, 6) is -1.27. The summed E-state index contributed by atoms with van der Waals surface area (Å²) >= 11 is 0. The molecule has 0 atom stereocenters. The molecule has 7 heteroatoms. The second kappa shape index (κ2) is 9.75. The maximum Gasteiger partial charge on any atom is 0.269 e. The average Bonchev–Trinajstić information content (AvgIpc) is 2.73. The third kappa shape index (κ3) is 5.39. The molecule has 0 bridgehead atoms. The third-order valence-corrected chi connectivity index (χ3v) is 5.05. The molecule has 0 aliphatic carbocycles. The Bertz CT molecular complexity index is 1130. The predicted octanol–water partition coefficient (Wildman–Crippen LogP) is 3.15. The number of aromatic hydroxyl groups is 1. The van der Waals surface area contributed by atoms with Gasteiger partial charge in [0.1, 0.15) is 5.75 Å². The van der Waals surface area contributed by atoms with Crippen molar-refractivity contribution in [1.82, 2.24) is 0 Å². The third-order valence-electron chi connectivity index (χ3n) is 5.05. The van der Waals surface area contributed by atoms with E-state index in [-0.39, 0.29) is 17.1 Å². The Morgan fingerprint density at radius 3 is 2.23 bits per heavy atom. The number of hydrogen-bond acceptors (Lipinski definition) is 5. The normalized spacial score (nSPS) is 13.4. The lowest BCUT2D eigenvalue weighted by Gasteiger charge is -2.17. The maximum absolute atomic E-state index is 12.3. The van der Waals surface area contributed by atoms with E-state index in [2.05, 4.69) is 4.99 Å². The monoisotopic (exact) mass is 420 g/mol. The number of aryl methyl sites for hydroxylation is 1. The molecule has 0 unspecified atom stereocenters. The van der Waals surface area contributed by atoms with Gasteiger partial charge in [-0.25, -0.2) is 4.99 Å². The van der Waals surface area contributed by atoms with Crippen LogP contribution in [-0.2, 0) is 4.79 Å². The highest BCUT2D eigenvalue weighted by molar-refractivity contribution is 6.06. The van der Waals surface area contributed by atoms with Crippen LogP contribution in [0.5, 0.6) is 5.75 Å². The molecule has 2 rings (SSSR count). The molecule has 0 aromatic heterocycles. The number of nitrogens with zero attached hydrogens (tertiary/aromatic N) is 1. The summed E-state index contributed by atoms with van der Waals surface area (Å²) in [6.07, 6.45) is 0.667.